The van der Waals surface area contributed by atoms with Crippen molar-refractivity contribution in [1.82, 2.24) is 0 Å². The van der Waals surface area contributed by atoms with Crippen molar-refractivity contribution in [2.75, 3.05) is 0 Å². The summed E-state index contributed by atoms with van der Waals surface area (Å²) in [6, 6.07) is 0. The van der Waals surface area contributed by atoms with E-state index in [1.54, 1.807) is 5.57 Å². The van der Waals surface area contributed by atoms with Crippen LogP contribution in [0.1, 0.15) is 65.2 Å². The molecule has 4 aliphatic carbocycles. The molecule has 0 unspecified atom stereocenters. The maximum atomic E-state index is 5.71. The van der Waals surface area contributed by atoms with Crippen molar-refractivity contribution < 1.29 is 0 Å². The third-order valence-corrected chi connectivity index (χ3v) is 8.04. The number of hydrogen-bond donors (Lipinski definition) is 2. The first-order valence-electron chi connectivity index (χ1n) is 9.28. The van der Waals surface area contributed by atoms with Crippen LogP contribution in [-0.4, -0.2) is 11.4 Å². The van der Waals surface area contributed by atoms with E-state index >= 15 is 0 Å². The van der Waals surface area contributed by atoms with Gasteiger partial charge in [-0.2, -0.15) is 10.2 Å². The van der Waals surface area contributed by atoms with E-state index in [1.165, 1.54) is 44.2 Å². The van der Waals surface area contributed by atoms with Crippen molar-refractivity contribution in [1.29, 1.82) is 0 Å². The zero-order valence-electron chi connectivity index (χ0n) is 14.5. The molecule has 3 fully saturated rings. The molecule has 4 heteroatoms. The number of hydrogen-bond acceptors (Lipinski definition) is 4. The van der Waals surface area contributed by atoms with Crippen LogP contribution in [0.5, 0.6) is 0 Å². The van der Waals surface area contributed by atoms with Gasteiger partial charge in [0.05, 0.1) is 5.71 Å². The molecule has 3 saturated carbocycles. The fourth-order valence-corrected chi connectivity index (χ4v) is 6.67. The Kier molecular flexibility index (Phi) is 3.37. The van der Waals surface area contributed by atoms with Gasteiger partial charge in [-0.3, -0.25) is 0 Å². The van der Waals surface area contributed by atoms with E-state index in [4.69, 9.17) is 11.7 Å². The molecule has 5 atom stereocenters. The third kappa shape index (κ3) is 1.96. The van der Waals surface area contributed by atoms with E-state index in [0.29, 0.717) is 5.41 Å². The predicted octanol–water partition coefficient (Wildman–Crippen LogP) is 3.58. The van der Waals surface area contributed by atoms with Gasteiger partial charge in [-0.15, -0.1) is 0 Å². The van der Waals surface area contributed by atoms with Crippen molar-refractivity contribution >= 4 is 11.4 Å². The monoisotopic (exact) mass is 314 g/mol. The van der Waals surface area contributed by atoms with Crippen LogP contribution in [0.25, 0.3) is 0 Å². The molecule has 4 nitrogen and oxygen atoms in total. The number of fused-ring (bicyclic) bond motifs is 5. The second kappa shape index (κ2) is 5.09. The molecule has 0 aromatic carbocycles. The number of hydrazone groups is 2. The Morgan fingerprint density at radius 3 is 2.43 bits per heavy atom. The van der Waals surface area contributed by atoms with Crippen LogP contribution in [0.3, 0.4) is 0 Å². The molecule has 0 spiro atoms. The van der Waals surface area contributed by atoms with Crippen LogP contribution in [0.4, 0.5) is 0 Å². The van der Waals surface area contributed by atoms with Crippen LogP contribution in [0.2, 0.25) is 0 Å². The van der Waals surface area contributed by atoms with Crippen molar-refractivity contribution in [3.05, 3.63) is 11.6 Å². The molecule has 0 aromatic rings. The minimum absolute atomic E-state index is 0.270. The summed E-state index contributed by atoms with van der Waals surface area (Å²) in [6.45, 7) is 4.94. The van der Waals surface area contributed by atoms with Crippen LogP contribution in [-0.2, 0) is 0 Å². The molecule has 4 N–H and O–H groups in total. The molecule has 126 valence electrons. The molecule has 4 rings (SSSR count). The summed E-state index contributed by atoms with van der Waals surface area (Å²) < 4.78 is 0. The number of rotatable bonds is 0. The lowest BCUT2D eigenvalue weighted by atomic mass is 9.47. The van der Waals surface area contributed by atoms with E-state index in [9.17, 15) is 0 Å². The largest absolute Gasteiger partial charge is 0.323 e. The summed E-state index contributed by atoms with van der Waals surface area (Å²) in [6.07, 6.45) is 12.1. The Labute approximate surface area is 139 Å². The van der Waals surface area contributed by atoms with Gasteiger partial charge in [0.15, 0.2) is 0 Å². The fourth-order valence-electron chi connectivity index (χ4n) is 6.67. The van der Waals surface area contributed by atoms with E-state index in [-0.39, 0.29) is 5.41 Å². The first-order chi connectivity index (χ1) is 11.0. The standard InChI is InChI=1S/C19H30N4/c1-18-9-7-13(22-20)11-12(18)3-4-14-15-5-6-17(23-21)19(15,2)10-8-16(14)18/h11,14-16H,3-10,20-21H2,1-2H3/b22-13+,23-17+/t14-,15-,16+,18-,19-/m0/s1. The van der Waals surface area contributed by atoms with Crippen molar-refractivity contribution in [3.8, 4) is 0 Å². The Bertz CT molecular complexity index is 604. The van der Waals surface area contributed by atoms with E-state index in [0.717, 1.165) is 36.3 Å². The number of nitrogens with zero attached hydrogens (tertiary/aromatic N) is 2. The van der Waals surface area contributed by atoms with Crippen LogP contribution in [0, 0.1) is 28.6 Å². The van der Waals surface area contributed by atoms with E-state index in [2.05, 4.69) is 30.1 Å². The highest BCUT2D eigenvalue weighted by Crippen LogP contribution is 2.64. The summed E-state index contributed by atoms with van der Waals surface area (Å²) in [7, 11) is 0. The smallest absolute Gasteiger partial charge is 0.0600 e. The molecular formula is C19H30N4. The van der Waals surface area contributed by atoms with Gasteiger partial charge in [-0.05, 0) is 80.6 Å². The molecule has 23 heavy (non-hydrogen) atoms. The zero-order chi connectivity index (χ0) is 16.2. The van der Waals surface area contributed by atoms with Gasteiger partial charge in [0.25, 0.3) is 0 Å². The summed E-state index contributed by atoms with van der Waals surface area (Å²) >= 11 is 0. The third-order valence-electron chi connectivity index (χ3n) is 8.04. The maximum Gasteiger partial charge on any atom is 0.0600 e. The minimum Gasteiger partial charge on any atom is -0.323 e. The summed E-state index contributed by atoms with van der Waals surface area (Å²) in [4.78, 5) is 0. The lowest BCUT2D eigenvalue weighted by Crippen LogP contribution is -2.50. The van der Waals surface area contributed by atoms with Crippen molar-refractivity contribution in [3.63, 3.8) is 0 Å². The normalized spacial score (nSPS) is 49.5. The molecule has 4 aliphatic rings. The zero-order valence-corrected chi connectivity index (χ0v) is 14.5. The summed E-state index contributed by atoms with van der Waals surface area (Å²) in [5.74, 6) is 13.7. The van der Waals surface area contributed by atoms with Gasteiger partial charge < -0.3 is 11.7 Å². The van der Waals surface area contributed by atoms with Gasteiger partial charge in [-0.25, -0.2) is 0 Å². The van der Waals surface area contributed by atoms with Crippen LogP contribution < -0.4 is 11.7 Å². The van der Waals surface area contributed by atoms with Gasteiger partial charge in [0.2, 0.25) is 0 Å². The minimum atomic E-state index is 0.270. The average molecular weight is 314 g/mol. The SMILES string of the molecule is C[C@]12CC/C(=N\N)C=C1CC[C@@H]1[C@H]2CC[C@]2(C)/C(=N/N)CC[C@@H]12. The highest BCUT2D eigenvalue weighted by Gasteiger charge is 2.58. The Morgan fingerprint density at radius 2 is 1.70 bits per heavy atom. The Morgan fingerprint density at radius 1 is 0.913 bits per heavy atom. The molecule has 0 amide bonds. The van der Waals surface area contributed by atoms with E-state index in [1.807, 2.05) is 0 Å². The first kappa shape index (κ1) is 15.2. The average Bonchev–Trinajstić information content (AvgIpc) is 2.90. The van der Waals surface area contributed by atoms with E-state index < -0.39 is 0 Å². The fraction of sp³-hybridized carbons (Fsp3) is 0.789. The topological polar surface area (TPSA) is 76.8 Å². The Hall–Kier alpha value is -1.32. The molecule has 0 saturated heterocycles. The summed E-state index contributed by atoms with van der Waals surface area (Å²) in [5, 5.41) is 8.15. The number of allylic oxidation sites excluding steroid dienone is 2. The van der Waals surface area contributed by atoms with Gasteiger partial charge in [-0.1, -0.05) is 19.4 Å². The van der Waals surface area contributed by atoms with Crippen molar-refractivity contribution in [2.45, 2.75) is 65.2 Å². The van der Waals surface area contributed by atoms with Gasteiger partial charge in [0, 0.05) is 11.1 Å². The van der Waals surface area contributed by atoms with Crippen LogP contribution >= 0.6 is 0 Å². The molecular weight excluding hydrogens is 284 g/mol. The number of nitrogens with two attached hydrogens (primary N) is 2. The lowest BCUT2D eigenvalue weighted by molar-refractivity contribution is -0.0154. The lowest BCUT2D eigenvalue weighted by Gasteiger charge is -2.57. The van der Waals surface area contributed by atoms with Crippen molar-refractivity contribution in [2.24, 2.45) is 50.5 Å². The summed E-state index contributed by atoms with van der Waals surface area (Å²) in [5.41, 5.74) is 4.62. The maximum absolute atomic E-state index is 5.71. The quantitative estimate of drug-likeness (QED) is 0.529. The molecule has 0 heterocycles. The van der Waals surface area contributed by atoms with Gasteiger partial charge in [0.1, 0.15) is 0 Å². The highest BCUT2D eigenvalue weighted by atomic mass is 15.1. The Balaban J connectivity index is 1.68. The molecule has 0 aliphatic heterocycles. The van der Waals surface area contributed by atoms with Gasteiger partial charge >= 0.3 is 0 Å². The molecule has 0 bridgehead atoms. The van der Waals surface area contributed by atoms with Crippen LogP contribution in [0.15, 0.2) is 21.9 Å². The molecule has 0 radical (unpaired) electrons. The molecule has 0 aromatic heterocycles. The highest BCUT2D eigenvalue weighted by molar-refractivity contribution is 5.96. The second-order valence-electron chi connectivity index (χ2n) is 8.69. The second-order valence-corrected chi connectivity index (χ2v) is 8.69. The predicted molar refractivity (Wildman–Crippen MR) is 94.9 cm³/mol. The first-order valence-corrected chi connectivity index (χ1v) is 9.28.